The van der Waals surface area contributed by atoms with Crippen LogP contribution in [0, 0.1) is 11.6 Å². The third-order valence-corrected chi connectivity index (χ3v) is 5.45. The number of aliphatic hydroxyl groups is 1. The molecule has 13 heteroatoms. The standard InChI is InChI=1S/C26H33F2N5O6/c1-7-37-23(35)17-12-30-33-13-19(28)21(31-22(17)33)32-26(6,14-34)18-9-8-16(27)10-20(18)38-15(2)11-29-24(36)39-25(3,4)5/h8-10,12-13,15,34H,7,11,14H2,1-6H3,(H,29,36)(H,31,32). The van der Waals surface area contributed by atoms with Gasteiger partial charge in [-0.05, 0) is 53.7 Å². The van der Waals surface area contributed by atoms with Crippen LogP contribution in [0.5, 0.6) is 5.75 Å². The second-order valence-electron chi connectivity index (χ2n) is 10.1. The van der Waals surface area contributed by atoms with E-state index in [0.717, 1.165) is 16.8 Å². The van der Waals surface area contributed by atoms with Crippen molar-refractivity contribution < 1.29 is 37.7 Å². The van der Waals surface area contributed by atoms with Crippen molar-refractivity contribution in [2.75, 3.05) is 25.1 Å². The van der Waals surface area contributed by atoms with E-state index < -0.39 is 47.5 Å². The minimum absolute atomic E-state index is 0.0303. The van der Waals surface area contributed by atoms with Gasteiger partial charge in [-0.3, -0.25) is 0 Å². The number of aromatic nitrogens is 3. The summed E-state index contributed by atoms with van der Waals surface area (Å²) >= 11 is 0. The van der Waals surface area contributed by atoms with Gasteiger partial charge >= 0.3 is 12.1 Å². The molecular weight excluding hydrogens is 516 g/mol. The normalized spacial score (nSPS) is 13.9. The topological polar surface area (TPSA) is 136 Å². The summed E-state index contributed by atoms with van der Waals surface area (Å²) in [6, 6.07) is 3.68. The summed E-state index contributed by atoms with van der Waals surface area (Å²) in [5.74, 6) is -2.34. The Bertz CT molecular complexity index is 1340. The van der Waals surface area contributed by atoms with Gasteiger partial charge in [0, 0.05) is 11.6 Å². The Balaban J connectivity index is 1.89. The Morgan fingerprint density at radius 3 is 2.56 bits per heavy atom. The second kappa shape index (κ2) is 11.8. The van der Waals surface area contributed by atoms with Gasteiger partial charge in [0.25, 0.3) is 0 Å². The van der Waals surface area contributed by atoms with Crippen LogP contribution >= 0.6 is 0 Å². The predicted octanol–water partition coefficient (Wildman–Crippen LogP) is 3.80. The molecule has 0 aliphatic carbocycles. The first-order chi connectivity index (χ1) is 18.3. The first-order valence-electron chi connectivity index (χ1n) is 12.3. The molecule has 1 amide bonds. The first-order valence-corrected chi connectivity index (χ1v) is 12.3. The van der Waals surface area contributed by atoms with Crippen LogP contribution < -0.4 is 15.4 Å². The number of anilines is 1. The number of ether oxygens (including phenoxy) is 3. The highest BCUT2D eigenvalue weighted by Crippen LogP contribution is 2.34. The number of fused-ring (bicyclic) bond motifs is 1. The largest absolute Gasteiger partial charge is 0.488 e. The smallest absolute Gasteiger partial charge is 0.407 e. The summed E-state index contributed by atoms with van der Waals surface area (Å²) < 4.78 is 46.4. The minimum Gasteiger partial charge on any atom is -0.488 e. The molecule has 2 heterocycles. The van der Waals surface area contributed by atoms with Crippen LogP contribution in [-0.4, -0.2) is 63.2 Å². The Kier molecular flexibility index (Phi) is 8.95. The Morgan fingerprint density at radius 1 is 1.21 bits per heavy atom. The van der Waals surface area contributed by atoms with Gasteiger partial charge in [0.05, 0.1) is 37.7 Å². The van der Waals surface area contributed by atoms with Crippen molar-refractivity contribution in [3.63, 3.8) is 0 Å². The van der Waals surface area contributed by atoms with Gasteiger partial charge < -0.3 is 30.0 Å². The van der Waals surface area contributed by atoms with Gasteiger partial charge in [0.1, 0.15) is 28.8 Å². The number of esters is 1. The van der Waals surface area contributed by atoms with Gasteiger partial charge in [0.15, 0.2) is 17.3 Å². The Labute approximate surface area is 224 Å². The highest BCUT2D eigenvalue weighted by molar-refractivity contribution is 5.95. The maximum Gasteiger partial charge on any atom is 0.407 e. The van der Waals surface area contributed by atoms with Crippen molar-refractivity contribution in [2.45, 2.75) is 58.8 Å². The fourth-order valence-electron chi connectivity index (χ4n) is 3.63. The average Bonchev–Trinajstić information content (AvgIpc) is 3.24. The minimum atomic E-state index is -1.42. The van der Waals surface area contributed by atoms with E-state index in [2.05, 4.69) is 20.7 Å². The van der Waals surface area contributed by atoms with Gasteiger partial charge in [-0.25, -0.2) is 27.9 Å². The summed E-state index contributed by atoms with van der Waals surface area (Å²) in [5.41, 5.74) is -1.75. The number of halogens is 2. The highest BCUT2D eigenvalue weighted by atomic mass is 19.1. The van der Waals surface area contributed by atoms with E-state index in [9.17, 15) is 19.1 Å². The fraction of sp³-hybridized carbons (Fsp3) is 0.462. The highest BCUT2D eigenvalue weighted by Gasteiger charge is 2.32. The molecule has 0 bridgehead atoms. The second-order valence-corrected chi connectivity index (χ2v) is 10.1. The number of nitrogens with one attached hydrogen (secondary N) is 2. The van der Waals surface area contributed by atoms with E-state index in [1.54, 1.807) is 41.5 Å². The van der Waals surface area contributed by atoms with Gasteiger partial charge in [-0.1, -0.05) is 0 Å². The average molecular weight is 550 g/mol. The van der Waals surface area contributed by atoms with E-state index in [4.69, 9.17) is 14.2 Å². The molecule has 0 saturated carbocycles. The van der Waals surface area contributed by atoms with Crippen LogP contribution in [0.4, 0.5) is 19.4 Å². The summed E-state index contributed by atoms with van der Waals surface area (Å²) in [4.78, 5) is 28.5. The lowest BCUT2D eigenvalue weighted by molar-refractivity contribution is 0.0500. The number of hydrogen-bond acceptors (Lipinski definition) is 9. The van der Waals surface area contributed by atoms with Crippen LogP contribution in [0.2, 0.25) is 0 Å². The molecule has 2 unspecified atom stereocenters. The number of carbonyl (C=O) groups is 2. The van der Waals surface area contributed by atoms with E-state index in [0.29, 0.717) is 0 Å². The molecule has 3 N–H and O–H groups in total. The molecular formula is C26H33F2N5O6. The third-order valence-electron chi connectivity index (χ3n) is 5.45. The molecule has 0 spiro atoms. The van der Waals surface area contributed by atoms with Crippen LogP contribution in [0.25, 0.3) is 5.65 Å². The van der Waals surface area contributed by atoms with Crippen molar-refractivity contribution in [1.29, 1.82) is 0 Å². The fourth-order valence-corrected chi connectivity index (χ4v) is 3.63. The van der Waals surface area contributed by atoms with Crippen LogP contribution in [-0.2, 0) is 15.0 Å². The molecule has 0 fully saturated rings. The van der Waals surface area contributed by atoms with Crippen molar-refractivity contribution >= 4 is 23.5 Å². The SMILES string of the molecule is CCOC(=O)c1cnn2cc(F)c(NC(C)(CO)c3ccc(F)cc3OC(C)CNC(=O)OC(C)(C)C)nc12. The molecule has 212 valence electrons. The van der Waals surface area contributed by atoms with Crippen molar-refractivity contribution in [3.8, 4) is 5.75 Å². The zero-order valence-corrected chi connectivity index (χ0v) is 22.7. The number of nitrogens with zero attached hydrogens (tertiary/aromatic N) is 3. The lowest BCUT2D eigenvalue weighted by Crippen LogP contribution is -2.39. The van der Waals surface area contributed by atoms with E-state index in [1.807, 2.05) is 0 Å². The van der Waals surface area contributed by atoms with E-state index in [-0.39, 0.29) is 41.5 Å². The summed E-state index contributed by atoms with van der Waals surface area (Å²) in [6.45, 7) is 9.63. The maximum atomic E-state index is 15.0. The third kappa shape index (κ3) is 7.31. The van der Waals surface area contributed by atoms with Crippen molar-refractivity contribution in [1.82, 2.24) is 19.9 Å². The van der Waals surface area contributed by atoms with Crippen LogP contribution in [0.15, 0.2) is 30.6 Å². The molecule has 3 aromatic rings. The van der Waals surface area contributed by atoms with Crippen LogP contribution in [0.1, 0.15) is 57.5 Å². The quantitative estimate of drug-likeness (QED) is 0.323. The number of carbonyl (C=O) groups excluding carboxylic acids is 2. The first kappa shape index (κ1) is 29.6. The molecule has 1 aromatic carbocycles. The molecule has 0 saturated heterocycles. The number of rotatable bonds is 10. The van der Waals surface area contributed by atoms with Gasteiger partial charge in [0.2, 0.25) is 0 Å². The van der Waals surface area contributed by atoms with Gasteiger partial charge in [-0.2, -0.15) is 5.10 Å². The van der Waals surface area contributed by atoms with Gasteiger partial charge in [-0.15, -0.1) is 0 Å². The van der Waals surface area contributed by atoms with Crippen LogP contribution in [0.3, 0.4) is 0 Å². The number of benzene rings is 1. The Hall–Kier alpha value is -4.00. The molecule has 3 rings (SSSR count). The van der Waals surface area contributed by atoms with E-state index in [1.165, 1.54) is 18.3 Å². The molecule has 2 atom stereocenters. The number of amides is 1. The summed E-state index contributed by atoms with van der Waals surface area (Å²) in [6.07, 6.45) is 0.967. The molecule has 39 heavy (non-hydrogen) atoms. The van der Waals surface area contributed by atoms with Crippen molar-refractivity contribution in [2.24, 2.45) is 0 Å². The molecule has 0 aliphatic rings. The molecule has 2 aromatic heterocycles. The van der Waals surface area contributed by atoms with E-state index >= 15 is 4.39 Å². The predicted molar refractivity (Wildman–Crippen MR) is 138 cm³/mol. The number of aliphatic hydroxyl groups excluding tert-OH is 1. The zero-order valence-electron chi connectivity index (χ0n) is 22.7. The molecule has 0 radical (unpaired) electrons. The maximum absolute atomic E-state index is 15.0. The zero-order chi connectivity index (χ0) is 29.0. The monoisotopic (exact) mass is 549 g/mol. The number of hydrogen-bond donors (Lipinski definition) is 3. The summed E-state index contributed by atoms with van der Waals surface area (Å²) in [7, 11) is 0. The lowest BCUT2D eigenvalue weighted by atomic mass is 9.91. The molecule has 0 aliphatic heterocycles. The lowest BCUT2D eigenvalue weighted by Gasteiger charge is -2.32. The molecule has 11 nitrogen and oxygen atoms in total. The summed E-state index contributed by atoms with van der Waals surface area (Å²) in [5, 5.41) is 19.7. The number of alkyl carbamates (subject to hydrolysis) is 1. The van der Waals surface area contributed by atoms with Crippen molar-refractivity contribution in [3.05, 3.63) is 53.4 Å². The Morgan fingerprint density at radius 2 is 1.92 bits per heavy atom.